The first-order valence-electron chi connectivity index (χ1n) is 7.87. The van der Waals surface area contributed by atoms with Gasteiger partial charge in [0.05, 0.1) is 14.2 Å². The van der Waals surface area contributed by atoms with Crippen LogP contribution in [-0.2, 0) is 12.8 Å². The molecule has 0 unspecified atom stereocenters. The van der Waals surface area contributed by atoms with E-state index in [1.54, 1.807) is 20.4 Å². The second-order valence-electron chi connectivity index (χ2n) is 5.20. The highest BCUT2D eigenvalue weighted by Crippen LogP contribution is 2.27. The number of hydrogen-bond donors (Lipinski definition) is 2. The Hall–Kier alpha value is -2.03. The Morgan fingerprint density at radius 3 is 2.60 bits per heavy atom. The summed E-state index contributed by atoms with van der Waals surface area (Å²) in [6.45, 7) is 1.32. The molecule has 0 bridgehead atoms. The number of nitrogens with one attached hydrogen (secondary N) is 1. The number of pyridine rings is 1. The number of rotatable bonds is 8. The standard InChI is InChI=1S/C18H24N4O2.HI/c1-23-16-7-6-14(13-17(16)24-2)8-11-21-18(19)22-12-9-15-5-3-4-10-20-15;/h3-7,10,13H,8-9,11-12H2,1-2H3,(H3,19,21,22);1H. The summed E-state index contributed by atoms with van der Waals surface area (Å²) in [7, 11) is 3.26. The minimum atomic E-state index is 0. The van der Waals surface area contributed by atoms with Crippen LogP contribution < -0.4 is 20.5 Å². The van der Waals surface area contributed by atoms with Crippen LogP contribution in [0.1, 0.15) is 11.3 Å². The maximum Gasteiger partial charge on any atom is 0.188 e. The second-order valence-corrected chi connectivity index (χ2v) is 5.20. The van der Waals surface area contributed by atoms with Gasteiger partial charge in [0.2, 0.25) is 0 Å². The van der Waals surface area contributed by atoms with Gasteiger partial charge in [-0.2, -0.15) is 0 Å². The quantitative estimate of drug-likeness (QED) is 0.362. The molecule has 2 rings (SSSR count). The van der Waals surface area contributed by atoms with Gasteiger partial charge in [-0.25, -0.2) is 0 Å². The van der Waals surface area contributed by atoms with Crippen molar-refractivity contribution < 1.29 is 9.47 Å². The molecular formula is C18H25IN4O2. The minimum Gasteiger partial charge on any atom is -0.493 e. The predicted molar refractivity (Wildman–Crippen MR) is 111 cm³/mol. The molecule has 3 N–H and O–H groups in total. The topological polar surface area (TPSA) is 81.8 Å². The SMILES string of the molecule is COc1ccc(CCNC(N)=NCCc2ccccn2)cc1OC.I. The van der Waals surface area contributed by atoms with Gasteiger partial charge < -0.3 is 20.5 Å². The second kappa shape index (κ2) is 11.5. The Labute approximate surface area is 165 Å². The number of nitrogens with two attached hydrogens (primary N) is 1. The number of halogens is 1. The van der Waals surface area contributed by atoms with Crippen LogP contribution in [0.3, 0.4) is 0 Å². The molecule has 6 nitrogen and oxygen atoms in total. The van der Waals surface area contributed by atoms with Gasteiger partial charge in [-0.15, -0.1) is 24.0 Å². The lowest BCUT2D eigenvalue weighted by Crippen LogP contribution is -2.33. The molecule has 1 aromatic carbocycles. The molecule has 25 heavy (non-hydrogen) atoms. The van der Waals surface area contributed by atoms with Crippen LogP contribution in [0, 0.1) is 0 Å². The molecule has 1 aromatic heterocycles. The number of aromatic nitrogens is 1. The van der Waals surface area contributed by atoms with Crippen molar-refractivity contribution in [2.45, 2.75) is 12.8 Å². The highest BCUT2D eigenvalue weighted by molar-refractivity contribution is 14.0. The highest BCUT2D eigenvalue weighted by atomic mass is 127. The Balaban J connectivity index is 0.00000312. The lowest BCUT2D eigenvalue weighted by atomic mass is 10.1. The Kier molecular flexibility index (Phi) is 9.68. The monoisotopic (exact) mass is 456 g/mol. The number of ether oxygens (including phenoxy) is 2. The van der Waals surface area contributed by atoms with Crippen molar-refractivity contribution in [2.75, 3.05) is 27.3 Å². The van der Waals surface area contributed by atoms with Crippen molar-refractivity contribution in [2.24, 2.45) is 10.7 Å². The zero-order chi connectivity index (χ0) is 17.2. The first-order chi connectivity index (χ1) is 11.7. The smallest absolute Gasteiger partial charge is 0.188 e. The first-order valence-corrected chi connectivity index (χ1v) is 7.87. The van der Waals surface area contributed by atoms with Crippen LogP contribution in [0.25, 0.3) is 0 Å². The Bertz CT molecular complexity index is 665. The van der Waals surface area contributed by atoms with Gasteiger partial charge in [-0.3, -0.25) is 9.98 Å². The number of hydrogen-bond acceptors (Lipinski definition) is 4. The lowest BCUT2D eigenvalue weighted by molar-refractivity contribution is 0.354. The van der Waals surface area contributed by atoms with Crippen molar-refractivity contribution in [3.05, 3.63) is 53.9 Å². The molecule has 0 aliphatic rings. The maximum absolute atomic E-state index is 5.88. The maximum atomic E-state index is 5.88. The summed E-state index contributed by atoms with van der Waals surface area (Å²) in [5.41, 5.74) is 8.03. The molecule has 0 atom stereocenters. The average molecular weight is 456 g/mol. The summed E-state index contributed by atoms with van der Waals surface area (Å²) < 4.78 is 10.5. The average Bonchev–Trinajstić information content (AvgIpc) is 2.62. The third-order valence-electron chi connectivity index (χ3n) is 3.54. The number of benzene rings is 1. The van der Waals surface area contributed by atoms with Gasteiger partial charge >= 0.3 is 0 Å². The Morgan fingerprint density at radius 2 is 1.92 bits per heavy atom. The van der Waals surface area contributed by atoms with E-state index in [9.17, 15) is 0 Å². The summed E-state index contributed by atoms with van der Waals surface area (Å²) >= 11 is 0. The summed E-state index contributed by atoms with van der Waals surface area (Å²) in [6.07, 6.45) is 3.37. The molecule has 0 aliphatic carbocycles. The summed E-state index contributed by atoms with van der Waals surface area (Å²) in [5.74, 6) is 1.91. The third-order valence-corrected chi connectivity index (χ3v) is 3.54. The van der Waals surface area contributed by atoms with Gasteiger partial charge in [-0.1, -0.05) is 12.1 Å². The molecule has 7 heteroatoms. The first kappa shape index (κ1) is 21.0. The van der Waals surface area contributed by atoms with Crippen LogP contribution in [0.5, 0.6) is 11.5 Å². The normalized spacial score (nSPS) is 10.7. The zero-order valence-electron chi connectivity index (χ0n) is 14.6. The number of aliphatic imine (C=N–C) groups is 1. The molecule has 136 valence electrons. The van der Waals surface area contributed by atoms with Crippen molar-refractivity contribution in [1.29, 1.82) is 0 Å². The number of nitrogens with zero attached hydrogens (tertiary/aromatic N) is 2. The van der Waals surface area contributed by atoms with E-state index in [1.807, 2.05) is 36.4 Å². The van der Waals surface area contributed by atoms with Crippen LogP contribution in [0.2, 0.25) is 0 Å². The molecule has 0 fully saturated rings. The fourth-order valence-corrected chi connectivity index (χ4v) is 2.26. The van der Waals surface area contributed by atoms with Crippen LogP contribution >= 0.6 is 24.0 Å². The molecule has 0 aliphatic heterocycles. The molecule has 0 radical (unpaired) electrons. The third kappa shape index (κ3) is 7.16. The van der Waals surface area contributed by atoms with Crippen LogP contribution in [0.15, 0.2) is 47.6 Å². The molecule has 0 amide bonds. The summed E-state index contributed by atoms with van der Waals surface area (Å²) in [4.78, 5) is 8.57. The number of guanidine groups is 1. The molecule has 1 heterocycles. The van der Waals surface area contributed by atoms with E-state index in [4.69, 9.17) is 15.2 Å². The summed E-state index contributed by atoms with van der Waals surface area (Å²) in [6, 6.07) is 11.7. The molecule has 0 spiro atoms. The van der Waals surface area contributed by atoms with E-state index in [0.717, 1.165) is 35.6 Å². The van der Waals surface area contributed by atoms with Gasteiger partial charge in [0, 0.05) is 31.4 Å². The fourth-order valence-electron chi connectivity index (χ4n) is 2.26. The zero-order valence-corrected chi connectivity index (χ0v) is 16.9. The van der Waals surface area contributed by atoms with E-state index in [1.165, 1.54) is 0 Å². The van der Waals surface area contributed by atoms with Crippen LogP contribution in [0.4, 0.5) is 0 Å². The van der Waals surface area contributed by atoms with Gasteiger partial charge in [0.15, 0.2) is 17.5 Å². The van der Waals surface area contributed by atoms with Crippen molar-refractivity contribution in [3.63, 3.8) is 0 Å². The largest absolute Gasteiger partial charge is 0.493 e. The van der Waals surface area contributed by atoms with Gasteiger partial charge in [0.25, 0.3) is 0 Å². The van der Waals surface area contributed by atoms with E-state index in [-0.39, 0.29) is 24.0 Å². The van der Waals surface area contributed by atoms with E-state index >= 15 is 0 Å². The van der Waals surface area contributed by atoms with Crippen LogP contribution in [-0.4, -0.2) is 38.3 Å². The van der Waals surface area contributed by atoms with Gasteiger partial charge in [-0.05, 0) is 36.2 Å². The van der Waals surface area contributed by atoms with Gasteiger partial charge in [0.1, 0.15) is 0 Å². The minimum absolute atomic E-state index is 0. The Morgan fingerprint density at radius 1 is 1.12 bits per heavy atom. The molecular weight excluding hydrogens is 431 g/mol. The van der Waals surface area contributed by atoms with E-state index < -0.39 is 0 Å². The number of methoxy groups -OCH3 is 2. The molecule has 0 saturated heterocycles. The fraction of sp³-hybridized carbons (Fsp3) is 0.333. The lowest BCUT2D eigenvalue weighted by Gasteiger charge is -2.10. The molecule has 2 aromatic rings. The van der Waals surface area contributed by atoms with Crippen molar-refractivity contribution in [1.82, 2.24) is 10.3 Å². The predicted octanol–water partition coefficient (Wildman–Crippen LogP) is 2.41. The van der Waals surface area contributed by atoms with E-state index in [2.05, 4.69) is 15.3 Å². The van der Waals surface area contributed by atoms with Crippen molar-refractivity contribution >= 4 is 29.9 Å². The highest BCUT2D eigenvalue weighted by Gasteiger charge is 2.04. The summed E-state index contributed by atoms with van der Waals surface area (Å²) in [5, 5.41) is 3.12. The van der Waals surface area contributed by atoms with E-state index in [0.29, 0.717) is 19.0 Å². The van der Waals surface area contributed by atoms with Crippen molar-refractivity contribution in [3.8, 4) is 11.5 Å². The molecule has 0 saturated carbocycles.